The van der Waals surface area contributed by atoms with Gasteiger partial charge in [-0.2, -0.15) is 8.78 Å². The van der Waals surface area contributed by atoms with Crippen LogP contribution in [0.4, 0.5) is 14.5 Å². The van der Waals surface area contributed by atoms with Crippen LogP contribution in [0.1, 0.15) is 6.42 Å². The molecule has 0 aliphatic rings. The lowest BCUT2D eigenvalue weighted by Crippen LogP contribution is -2.17. The Morgan fingerprint density at radius 2 is 1.80 bits per heavy atom. The van der Waals surface area contributed by atoms with Crippen molar-refractivity contribution >= 4 is 50.5 Å². The maximum absolute atomic E-state index is 12.1. The minimum atomic E-state index is -3.61. The summed E-state index contributed by atoms with van der Waals surface area (Å²) in [5, 5.41) is -0.458. The minimum Gasteiger partial charge on any atom is -0.432 e. The summed E-state index contributed by atoms with van der Waals surface area (Å²) in [5.41, 5.74) is 0.0520. The molecule has 114 valence electrons. The van der Waals surface area contributed by atoms with Crippen molar-refractivity contribution in [1.82, 2.24) is 0 Å². The summed E-state index contributed by atoms with van der Waals surface area (Å²) < 4.78 is 53.9. The van der Waals surface area contributed by atoms with Crippen LogP contribution in [0.3, 0.4) is 0 Å². The number of hydrogen-bond acceptors (Lipinski definition) is 3. The van der Waals surface area contributed by atoms with Crippen molar-refractivity contribution < 1.29 is 21.9 Å². The van der Waals surface area contributed by atoms with Gasteiger partial charge in [-0.1, -0.05) is 23.2 Å². The molecule has 4 nitrogen and oxygen atoms in total. The molecule has 1 N–H and O–H groups in total. The molecular formula is C10H10Cl3F2NO3S. The number of sulfonamides is 1. The average molecular weight is 369 g/mol. The SMILES string of the molecule is O=S(=O)(CCCCl)Nc1cc(Cl)c(OC(F)F)c(Cl)c1. The molecule has 0 saturated carbocycles. The normalized spacial score (nSPS) is 11.7. The summed E-state index contributed by atoms with van der Waals surface area (Å²) in [5.74, 6) is -0.392. The van der Waals surface area contributed by atoms with Crippen molar-refractivity contribution in [2.75, 3.05) is 16.4 Å². The van der Waals surface area contributed by atoms with Crippen LogP contribution < -0.4 is 9.46 Å². The second-order valence-electron chi connectivity index (χ2n) is 3.61. The van der Waals surface area contributed by atoms with E-state index in [1.54, 1.807) is 0 Å². The molecule has 20 heavy (non-hydrogen) atoms. The monoisotopic (exact) mass is 367 g/mol. The largest absolute Gasteiger partial charge is 0.432 e. The molecule has 0 unspecified atom stereocenters. The van der Waals surface area contributed by atoms with Gasteiger partial charge in [-0.05, 0) is 18.6 Å². The maximum Gasteiger partial charge on any atom is 0.387 e. The molecule has 0 fully saturated rings. The van der Waals surface area contributed by atoms with Crippen LogP contribution in [0.2, 0.25) is 10.0 Å². The quantitative estimate of drug-likeness (QED) is 0.741. The first kappa shape index (κ1) is 17.6. The van der Waals surface area contributed by atoms with Crippen LogP contribution in [0.5, 0.6) is 5.75 Å². The summed E-state index contributed by atoms with van der Waals surface area (Å²) in [7, 11) is -3.61. The molecule has 0 amide bonds. The number of halogens is 5. The topological polar surface area (TPSA) is 55.4 Å². The zero-order valence-electron chi connectivity index (χ0n) is 9.88. The van der Waals surface area contributed by atoms with Crippen molar-refractivity contribution in [1.29, 1.82) is 0 Å². The summed E-state index contributed by atoms with van der Waals surface area (Å²) in [6.45, 7) is -3.09. The highest BCUT2D eigenvalue weighted by molar-refractivity contribution is 7.92. The number of rotatable bonds is 7. The van der Waals surface area contributed by atoms with E-state index in [9.17, 15) is 17.2 Å². The van der Waals surface area contributed by atoms with E-state index in [1.807, 2.05) is 0 Å². The summed E-state index contributed by atoms with van der Waals surface area (Å²) in [6.07, 6.45) is 0.269. The Balaban J connectivity index is 2.94. The van der Waals surface area contributed by atoms with Gasteiger partial charge in [0.15, 0.2) is 5.75 Å². The van der Waals surface area contributed by atoms with Gasteiger partial charge in [0, 0.05) is 5.88 Å². The Morgan fingerprint density at radius 3 is 2.25 bits per heavy atom. The van der Waals surface area contributed by atoms with Crippen LogP contribution in [0.15, 0.2) is 12.1 Å². The molecule has 1 rings (SSSR count). The third kappa shape index (κ3) is 5.47. The fourth-order valence-corrected chi connectivity index (χ4v) is 3.27. The number of anilines is 1. The third-order valence-corrected chi connectivity index (χ3v) is 4.23. The Kier molecular flexibility index (Phi) is 6.57. The molecule has 0 spiro atoms. The zero-order chi connectivity index (χ0) is 15.3. The van der Waals surface area contributed by atoms with E-state index >= 15 is 0 Å². The molecule has 1 aromatic carbocycles. The van der Waals surface area contributed by atoms with E-state index in [0.29, 0.717) is 0 Å². The maximum atomic E-state index is 12.1. The molecule has 0 saturated heterocycles. The van der Waals surface area contributed by atoms with Gasteiger partial charge in [0.25, 0.3) is 0 Å². The third-order valence-electron chi connectivity index (χ3n) is 2.03. The summed E-state index contributed by atoms with van der Waals surface area (Å²) in [4.78, 5) is 0. The lowest BCUT2D eigenvalue weighted by atomic mass is 10.3. The molecule has 0 aliphatic heterocycles. The Hall–Kier alpha value is -0.500. The number of hydrogen-bond donors (Lipinski definition) is 1. The van der Waals surface area contributed by atoms with Crippen molar-refractivity contribution in [2.45, 2.75) is 13.0 Å². The van der Waals surface area contributed by atoms with Gasteiger partial charge >= 0.3 is 6.61 Å². The number of ether oxygens (including phenoxy) is 1. The second-order valence-corrected chi connectivity index (χ2v) is 6.65. The van der Waals surface area contributed by atoms with Crippen molar-refractivity contribution in [2.24, 2.45) is 0 Å². The van der Waals surface area contributed by atoms with E-state index in [-0.39, 0.29) is 33.8 Å². The van der Waals surface area contributed by atoms with E-state index in [1.165, 1.54) is 0 Å². The first-order valence-electron chi connectivity index (χ1n) is 5.25. The molecule has 0 heterocycles. The molecule has 0 atom stereocenters. The first-order valence-corrected chi connectivity index (χ1v) is 8.20. The van der Waals surface area contributed by atoms with Crippen LogP contribution in [-0.2, 0) is 10.0 Å². The Labute approximate surface area is 130 Å². The van der Waals surface area contributed by atoms with E-state index in [2.05, 4.69) is 9.46 Å². The van der Waals surface area contributed by atoms with Crippen LogP contribution in [-0.4, -0.2) is 26.7 Å². The van der Waals surface area contributed by atoms with E-state index in [0.717, 1.165) is 12.1 Å². The fourth-order valence-electron chi connectivity index (χ4n) is 1.30. The fraction of sp³-hybridized carbons (Fsp3) is 0.400. The van der Waals surface area contributed by atoms with E-state index in [4.69, 9.17) is 34.8 Å². The molecule has 10 heteroatoms. The van der Waals surface area contributed by atoms with Gasteiger partial charge in [-0.3, -0.25) is 4.72 Å². The summed E-state index contributed by atoms with van der Waals surface area (Å²) in [6, 6.07) is 2.26. The molecular weight excluding hydrogens is 359 g/mol. The molecule has 0 aliphatic carbocycles. The lowest BCUT2D eigenvalue weighted by Gasteiger charge is -2.12. The van der Waals surface area contributed by atoms with Crippen LogP contribution in [0.25, 0.3) is 0 Å². The molecule has 0 aromatic heterocycles. The minimum absolute atomic E-state index is 0.0520. The average Bonchev–Trinajstić information content (AvgIpc) is 2.30. The first-order chi connectivity index (χ1) is 9.25. The van der Waals surface area contributed by atoms with Crippen LogP contribution >= 0.6 is 34.8 Å². The van der Waals surface area contributed by atoms with Gasteiger partial charge in [-0.25, -0.2) is 8.42 Å². The van der Waals surface area contributed by atoms with Gasteiger partial charge in [0.05, 0.1) is 21.5 Å². The highest BCUT2D eigenvalue weighted by atomic mass is 35.5. The second kappa shape index (κ2) is 7.49. The zero-order valence-corrected chi connectivity index (χ0v) is 13.0. The van der Waals surface area contributed by atoms with Crippen LogP contribution in [0, 0.1) is 0 Å². The molecule has 0 bridgehead atoms. The smallest absolute Gasteiger partial charge is 0.387 e. The van der Waals surface area contributed by atoms with Gasteiger partial charge < -0.3 is 4.74 Å². The predicted octanol–water partition coefficient (Wildman–Crippen LogP) is 3.97. The predicted molar refractivity (Wildman–Crippen MR) is 75.8 cm³/mol. The Bertz CT molecular complexity index is 546. The Morgan fingerprint density at radius 1 is 1.25 bits per heavy atom. The molecule has 0 radical (unpaired) electrons. The van der Waals surface area contributed by atoms with Crippen molar-refractivity contribution in [3.8, 4) is 5.75 Å². The van der Waals surface area contributed by atoms with Gasteiger partial charge in [-0.15, -0.1) is 11.6 Å². The van der Waals surface area contributed by atoms with Gasteiger partial charge in [0.2, 0.25) is 10.0 Å². The van der Waals surface area contributed by atoms with E-state index < -0.39 is 22.4 Å². The van der Waals surface area contributed by atoms with Crippen molar-refractivity contribution in [3.63, 3.8) is 0 Å². The number of benzene rings is 1. The number of nitrogens with one attached hydrogen (secondary N) is 1. The molecule has 1 aromatic rings. The standard InChI is InChI=1S/C10H10Cl3F2NO3S/c11-2-1-3-20(17,18)16-6-4-7(12)9(8(13)5-6)19-10(14)15/h4-5,10,16H,1-3H2. The lowest BCUT2D eigenvalue weighted by molar-refractivity contribution is -0.0497. The highest BCUT2D eigenvalue weighted by Gasteiger charge is 2.16. The highest BCUT2D eigenvalue weighted by Crippen LogP contribution is 2.37. The number of alkyl halides is 3. The summed E-state index contributed by atoms with van der Waals surface area (Å²) >= 11 is 16.8. The van der Waals surface area contributed by atoms with Gasteiger partial charge in [0.1, 0.15) is 0 Å². The van der Waals surface area contributed by atoms with Crippen molar-refractivity contribution in [3.05, 3.63) is 22.2 Å².